The number of nitriles is 1. The highest BCUT2D eigenvalue weighted by Gasteiger charge is 2.47. The Morgan fingerprint density at radius 1 is 1.21 bits per heavy atom. The lowest BCUT2D eigenvalue weighted by atomic mass is 9.86. The van der Waals surface area contributed by atoms with Gasteiger partial charge in [-0.3, -0.25) is 9.78 Å². The van der Waals surface area contributed by atoms with E-state index in [-0.39, 0.29) is 24.6 Å². The molecule has 1 N–H and O–H groups in total. The van der Waals surface area contributed by atoms with E-state index >= 15 is 0 Å². The van der Waals surface area contributed by atoms with Crippen LogP contribution in [0.1, 0.15) is 36.2 Å². The molecule has 7 heterocycles. The Morgan fingerprint density at radius 2 is 2.03 bits per heavy atom. The fourth-order valence-corrected chi connectivity index (χ4v) is 5.24. The third-order valence-corrected chi connectivity index (χ3v) is 7.02. The lowest BCUT2D eigenvalue weighted by Gasteiger charge is -2.56. The van der Waals surface area contributed by atoms with Crippen molar-refractivity contribution in [2.24, 2.45) is 0 Å². The maximum Gasteiger partial charge on any atom is 0.256 e. The van der Waals surface area contributed by atoms with Crippen molar-refractivity contribution in [2.75, 3.05) is 24.6 Å². The van der Waals surface area contributed by atoms with Crippen molar-refractivity contribution in [3.05, 3.63) is 72.4 Å². The van der Waals surface area contributed by atoms with Gasteiger partial charge in [-0.15, -0.1) is 0 Å². The number of hydrogen-bond donors (Lipinski definition) is 1. The quantitative estimate of drug-likeness (QED) is 0.421. The molecular formula is C28H27N7O3. The minimum atomic E-state index is -0.992. The molecule has 0 saturated carbocycles. The summed E-state index contributed by atoms with van der Waals surface area (Å²) in [5, 5.41) is 24.0. The molecule has 2 bridgehead atoms. The van der Waals surface area contributed by atoms with E-state index in [1.807, 2.05) is 23.1 Å². The minimum Gasteiger partial charge on any atom is -0.489 e. The van der Waals surface area contributed by atoms with Gasteiger partial charge in [0.2, 0.25) is 0 Å². The van der Waals surface area contributed by atoms with Crippen LogP contribution in [0.25, 0.3) is 16.6 Å². The van der Waals surface area contributed by atoms with Gasteiger partial charge in [0.1, 0.15) is 24.2 Å². The van der Waals surface area contributed by atoms with Gasteiger partial charge in [-0.05, 0) is 50.6 Å². The fraction of sp³-hybridized carbons (Fsp3) is 0.321. The summed E-state index contributed by atoms with van der Waals surface area (Å²) in [5.41, 5.74) is 2.33. The normalized spacial score (nSPS) is 18.7. The van der Waals surface area contributed by atoms with E-state index in [4.69, 9.17) is 9.72 Å². The second kappa shape index (κ2) is 9.11. The molecule has 4 aromatic rings. The fourth-order valence-electron chi connectivity index (χ4n) is 5.24. The van der Waals surface area contributed by atoms with Gasteiger partial charge < -0.3 is 19.6 Å². The van der Waals surface area contributed by atoms with Crippen LogP contribution < -0.4 is 9.64 Å². The number of pyridine rings is 3. The van der Waals surface area contributed by atoms with Gasteiger partial charge in [0.15, 0.2) is 0 Å². The Bertz CT molecular complexity index is 1530. The molecule has 0 radical (unpaired) electrons. The van der Waals surface area contributed by atoms with Gasteiger partial charge in [-0.25, -0.2) is 9.50 Å². The van der Waals surface area contributed by atoms with Gasteiger partial charge in [0.25, 0.3) is 5.91 Å². The molecule has 0 spiro atoms. The highest BCUT2D eigenvalue weighted by atomic mass is 16.5. The van der Waals surface area contributed by atoms with Crippen LogP contribution in [0.15, 0.2) is 61.3 Å². The molecule has 10 heteroatoms. The Balaban J connectivity index is 1.23. The van der Waals surface area contributed by atoms with E-state index < -0.39 is 5.60 Å². The van der Waals surface area contributed by atoms with Crippen LogP contribution >= 0.6 is 0 Å². The van der Waals surface area contributed by atoms with E-state index in [1.165, 1.54) is 6.20 Å². The van der Waals surface area contributed by atoms with E-state index in [0.717, 1.165) is 36.5 Å². The van der Waals surface area contributed by atoms with E-state index in [1.54, 1.807) is 55.3 Å². The first-order valence-corrected chi connectivity index (χ1v) is 12.5. The summed E-state index contributed by atoms with van der Waals surface area (Å²) >= 11 is 0. The number of rotatable bonds is 6. The molecule has 2 atom stereocenters. The van der Waals surface area contributed by atoms with Gasteiger partial charge in [-0.1, -0.05) is 0 Å². The molecular weight excluding hydrogens is 482 g/mol. The standard InChI is InChI=1S/C28H27N7O3/c1-28(2,37)17-38-23-9-24(26-20(10-29)13-32-34(26)16-23)18-5-6-25(31-12-18)33-14-21-8-22(15-33)35(21)27(36)19-4-3-7-30-11-19/h3-7,9,11-13,16,21-22,37H,8,14-15,17H2,1-2H3. The zero-order chi connectivity index (χ0) is 26.4. The number of carbonyl (C=O) groups excluding carboxylic acids is 1. The number of piperidine rings is 1. The second-order valence-corrected chi connectivity index (χ2v) is 10.5. The third-order valence-electron chi connectivity index (χ3n) is 7.02. The average molecular weight is 510 g/mol. The average Bonchev–Trinajstić information content (AvgIpc) is 3.35. The lowest BCUT2D eigenvalue weighted by molar-refractivity contribution is 0.00572. The molecule has 3 aliphatic rings. The minimum absolute atomic E-state index is 0.0344. The number of nitrogens with zero attached hydrogens (tertiary/aromatic N) is 7. The van der Waals surface area contributed by atoms with Crippen molar-refractivity contribution in [1.29, 1.82) is 5.26 Å². The monoisotopic (exact) mass is 509 g/mol. The van der Waals surface area contributed by atoms with Crippen molar-refractivity contribution in [1.82, 2.24) is 24.5 Å². The first-order valence-electron chi connectivity index (χ1n) is 12.5. The topological polar surface area (TPSA) is 120 Å². The summed E-state index contributed by atoms with van der Waals surface area (Å²) in [5.74, 6) is 1.41. The Morgan fingerprint density at radius 3 is 2.68 bits per heavy atom. The van der Waals surface area contributed by atoms with Crippen molar-refractivity contribution in [3.63, 3.8) is 0 Å². The maximum absolute atomic E-state index is 12.9. The number of ether oxygens (including phenoxy) is 1. The highest BCUT2D eigenvalue weighted by molar-refractivity contribution is 5.95. The van der Waals surface area contributed by atoms with Gasteiger partial charge in [0, 0.05) is 42.8 Å². The number of aromatic nitrogens is 4. The van der Waals surface area contributed by atoms with Crippen LogP contribution in [0.2, 0.25) is 0 Å². The van der Waals surface area contributed by atoms with Crippen molar-refractivity contribution >= 4 is 17.2 Å². The molecule has 2 unspecified atom stereocenters. The molecule has 10 nitrogen and oxygen atoms in total. The number of hydrogen-bond acceptors (Lipinski definition) is 8. The summed E-state index contributed by atoms with van der Waals surface area (Å²) in [7, 11) is 0. The number of aliphatic hydroxyl groups is 1. The molecule has 4 aromatic heterocycles. The predicted octanol–water partition coefficient (Wildman–Crippen LogP) is 2.92. The third kappa shape index (κ3) is 4.31. The maximum atomic E-state index is 12.9. The van der Waals surface area contributed by atoms with E-state index in [9.17, 15) is 15.2 Å². The number of piperazine rings is 1. The van der Waals surface area contributed by atoms with Crippen molar-refractivity contribution < 1.29 is 14.6 Å². The van der Waals surface area contributed by atoms with Gasteiger partial charge in [0.05, 0.1) is 46.7 Å². The predicted molar refractivity (Wildman–Crippen MR) is 140 cm³/mol. The Kier molecular flexibility index (Phi) is 5.73. The van der Waals surface area contributed by atoms with Gasteiger partial charge in [-0.2, -0.15) is 10.4 Å². The molecule has 0 aliphatic carbocycles. The van der Waals surface area contributed by atoms with Gasteiger partial charge >= 0.3 is 0 Å². The van der Waals surface area contributed by atoms with E-state index in [0.29, 0.717) is 22.4 Å². The molecule has 3 aliphatic heterocycles. The van der Waals surface area contributed by atoms with Crippen LogP contribution in [0.4, 0.5) is 5.82 Å². The molecule has 7 rings (SSSR count). The molecule has 38 heavy (non-hydrogen) atoms. The van der Waals surface area contributed by atoms with Crippen LogP contribution in [0.3, 0.4) is 0 Å². The number of anilines is 1. The van der Waals surface area contributed by atoms with Crippen molar-refractivity contribution in [2.45, 2.75) is 38.0 Å². The molecule has 192 valence electrons. The molecule has 1 amide bonds. The summed E-state index contributed by atoms with van der Waals surface area (Å²) < 4.78 is 7.44. The van der Waals surface area contributed by atoms with Crippen LogP contribution in [-0.4, -0.2) is 72.9 Å². The van der Waals surface area contributed by atoms with Crippen LogP contribution in [0, 0.1) is 11.3 Å². The smallest absolute Gasteiger partial charge is 0.256 e. The summed E-state index contributed by atoms with van der Waals surface area (Å²) in [4.78, 5) is 26.0. The van der Waals surface area contributed by atoms with Crippen LogP contribution in [-0.2, 0) is 0 Å². The molecule has 3 fully saturated rings. The zero-order valence-corrected chi connectivity index (χ0v) is 21.2. The zero-order valence-electron chi connectivity index (χ0n) is 21.2. The van der Waals surface area contributed by atoms with E-state index in [2.05, 4.69) is 21.1 Å². The number of fused-ring (bicyclic) bond motifs is 3. The molecule has 0 aromatic carbocycles. The number of amides is 1. The van der Waals surface area contributed by atoms with Crippen LogP contribution in [0.5, 0.6) is 5.75 Å². The second-order valence-electron chi connectivity index (χ2n) is 10.5. The summed E-state index contributed by atoms with van der Waals surface area (Å²) in [6.45, 7) is 4.91. The Labute approximate surface area is 219 Å². The van der Waals surface area contributed by atoms with Crippen molar-refractivity contribution in [3.8, 4) is 22.9 Å². The number of carbonyl (C=O) groups is 1. The highest BCUT2D eigenvalue weighted by Crippen LogP contribution is 2.36. The first kappa shape index (κ1) is 23.9. The first-order chi connectivity index (χ1) is 18.3. The summed E-state index contributed by atoms with van der Waals surface area (Å²) in [6.07, 6.45) is 9.30. The largest absolute Gasteiger partial charge is 0.489 e. The summed E-state index contributed by atoms with van der Waals surface area (Å²) in [6, 6.07) is 11.9. The lowest BCUT2D eigenvalue weighted by Crippen LogP contribution is -2.70. The molecule has 3 saturated heterocycles. The SMILES string of the molecule is CC(C)(O)COc1cc(-c2ccc(N3CC4CC(C3)N4C(=O)c3cccnc3)nc2)c2c(C#N)cnn2c1. The Hall–Kier alpha value is -4.49.